The molecule has 1 amide bonds. The molecule has 2 saturated heterocycles. The Bertz CT molecular complexity index is 738. The van der Waals surface area contributed by atoms with Crippen molar-refractivity contribution >= 4 is 5.91 Å². The second kappa shape index (κ2) is 17.2. The average Bonchev–Trinajstić information content (AvgIpc) is 2.83. The molecule has 2 heterocycles. The lowest BCUT2D eigenvalue weighted by Gasteiger charge is -2.50. The zero-order chi connectivity index (χ0) is 31.4. The number of carbonyl (C=O) groups is 1. The van der Waals surface area contributed by atoms with Crippen LogP contribution in [0.3, 0.4) is 0 Å². The van der Waals surface area contributed by atoms with Gasteiger partial charge in [-0.3, -0.25) is 4.79 Å². The van der Waals surface area contributed by atoms with Crippen molar-refractivity contribution in [2.24, 2.45) is 23.7 Å². The summed E-state index contributed by atoms with van der Waals surface area (Å²) in [6.07, 6.45) is 22.3. The first-order chi connectivity index (χ1) is 19.6. The van der Waals surface area contributed by atoms with E-state index in [4.69, 9.17) is 0 Å². The summed E-state index contributed by atoms with van der Waals surface area (Å²) in [5.41, 5.74) is 0.742. The van der Waals surface area contributed by atoms with Crippen molar-refractivity contribution < 1.29 is 4.79 Å². The summed E-state index contributed by atoms with van der Waals surface area (Å²) in [6.45, 7) is 24.4. The molecule has 0 bridgehead atoms. The van der Waals surface area contributed by atoms with Gasteiger partial charge in [-0.15, -0.1) is 0 Å². The van der Waals surface area contributed by atoms with E-state index in [-0.39, 0.29) is 28.1 Å². The van der Waals surface area contributed by atoms with Crippen LogP contribution >= 0.6 is 0 Å². The molecule has 0 aromatic carbocycles. The Labute approximate surface area is 263 Å². The van der Waals surface area contributed by atoms with Gasteiger partial charge in [-0.05, 0) is 118 Å². The van der Waals surface area contributed by atoms with Gasteiger partial charge >= 0.3 is 0 Å². The monoisotopic (exact) mass is 590 g/mol. The van der Waals surface area contributed by atoms with E-state index in [1.54, 1.807) is 0 Å². The highest BCUT2D eigenvalue weighted by Gasteiger charge is 2.43. The molecule has 2 unspecified atom stereocenters. The molecule has 2 aliphatic rings. The maximum Gasteiger partial charge on any atom is 0.223 e. The van der Waals surface area contributed by atoms with Gasteiger partial charge in [0.15, 0.2) is 0 Å². The van der Waals surface area contributed by atoms with Crippen molar-refractivity contribution in [2.45, 2.75) is 207 Å². The second-order valence-corrected chi connectivity index (χ2v) is 17.3. The number of amides is 1. The smallest absolute Gasteiger partial charge is 0.223 e. The van der Waals surface area contributed by atoms with Gasteiger partial charge in [-0.2, -0.15) is 0 Å². The van der Waals surface area contributed by atoms with Crippen molar-refractivity contribution in [3.63, 3.8) is 0 Å². The van der Waals surface area contributed by atoms with Gasteiger partial charge in [0.25, 0.3) is 0 Å². The normalized spacial score (nSPS) is 23.4. The van der Waals surface area contributed by atoms with Gasteiger partial charge in [0.2, 0.25) is 5.91 Å². The summed E-state index contributed by atoms with van der Waals surface area (Å²) in [6, 6.07) is 0. The predicted molar refractivity (Wildman–Crippen MR) is 184 cm³/mol. The molecule has 0 spiro atoms. The van der Waals surface area contributed by atoms with Gasteiger partial charge in [-0.1, -0.05) is 84.5 Å². The maximum absolute atomic E-state index is 13.9. The van der Waals surface area contributed by atoms with Crippen LogP contribution < -0.4 is 16.0 Å². The second-order valence-electron chi connectivity index (χ2n) is 17.3. The van der Waals surface area contributed by atoms with Crippen molar-refractivity contribution in [1.29, 1.82) is 0 Å². The van der Waals surface area contributed by atoms with Gasteiger partial charge in [0, 0.05) is 34.6 Å². The third-order valence-corrected chi connectivity index (χ3v) is 10.3. The van der Waals surface area contributed by atoms with Crippen molar-refractivity contribution in [3.8, 4) is 0 Å². The van der Waals surface area contributed by atoms with Crippen molar-refractivity contribution in [1.82, 2.24) is 16.0 Å². The number of unbranched alkanes of at least 4 members (excludes halogenated alkanes) is 8. The van der Waals surface area contributed by atoms with Crippen LogP contribution in [0.2, 0.25) is 0 Å². The zero-order valence-electron chi connectivity index (χ0n) is 30.2. The minimum Gasteiger partial charge on any atom is -0.356 e. The number of hydrogen-bond donors (Lipinski definition) is 3. The van der Waals surface area contributed by atoms with E-state index < -0.39 is 0 Å². The molecular formula is C38H75N3O. The summed E-state index contributed by atoms with van der Waals surface area (Å²) < 4.78 is 0. The van der Waals surface area contributed by atoms with E-state index in [0.717, 1.165) is 25.3 Å². The minimum absolute atomic E-state index is 0.123. The van der Waals surface area contributed by atoms with Gasteiger partial charge in [0.1, 0.15) is 0 Å². The SMILES string of the molecule is CCCCCCC(C(=O)NCCCCCCC1CC(C)(C)NC(C)(C)C1)C(CCCCC)C1CC(C)(C)NC(C)(C)C1. The Hall–Kier alpha value is -0.610. The number of nitrogens with one attached hydrogen (secondary N) is 3. The first-order valence-electron chi connectivity index (χ1n) is 18.4. The zero-order valence-corrected chi connectivity index (χ0v) is 30.2. The highest BCUT2D eigenvalue weighted by molar-refractivity contribution is 5.79. The molecule has 3 N–H and O–H groups in total. The third kappa shape index (κ3) is 14.0. The first-order valence-corrected chi connectivity index (χ1v) is 18.4. The summed E-state index contributed by atoms with van der Waals surface area (Å²) >= 11 is 0. The van der Waals surface area contributed by atoms with E-state index >= 15 is 0 Å². The molecule has 4 nitrogen and oxygen atoms in total. The Morgan fingerprint density at radius 2 is 1.12 bits per heavy atom. The summed E-state index contributed by atoms with van der Waals surface area (Å²) in [4.78, 5) is 13.9. The van der Waals surface area contributed by atoms with Gasteiger partial charge in [0.05, 0.1) is 0 Å². The molecule has 0 aliphatic carbocycles. The molecule has 2 fully saturated rings. The van der Waals surface area contributed by atoms with Gasteiger partial charge < -0.3 is 16.0 Å². The fourth-order valence-corrected chi connectivity index (χ4v) is 9.42. The Morgan fingerprint density at radius 3 is 1.69 bits per heavy atom. The molecule has 0 saturated carbocycles. The molecule has 0 radical (unpaired) electrons. The van der Waals surface area contributed by atoms with Crippen molar-refractivity contribution in [2.75, 3.05) is 6.54 Å². The van der Waals surface area contributed by atoms with Crippen LogP contribution in [0.5, 0.6) is 0 Å². The van der Waals surface area contributed by atoms with E-state index in [1.165, 1.54) is 103 Å². The number of hydrogen-bond acceptors (Lipinski definition) is 3. The maximum atomic E-state index is 13.9. The third-order valence-electron chi connectivity index (χ3n) is 10.3. The van der Waals surface area contributed by atoms with Crippen LogP contribution in [0.4, 0.5) is 0 Å². The van der Waals surface area contributed by atoms with E-state index in [2.05, 4.69) is 85.2 Å². The minimum atomic E-state index is 0.123. The van der Waals surface area contributed by atoms with E-state index in [1.807, 2.05) is 0 Å². The lowest BCUT2D eigenvalue weighted by atomic mass is 9.65. The average molecular weight is 590 g/mol. The highest BCUT2D eigenvalue weighted by atomic mass is 16.1. The number of carbonyl (C=O) groups excluding carboxylic acids is 1. The van der Waals surface area contributed by atoms with E-state index in [0.29, 0.717) is 17.7 Å². The standard InChI is InChI=1S/C38H75N3O/c1-11-13-15-20-24-33(32(23-18-14-12-2)31-28-37(7,8)41-38(9,10)29-31)34(42)39-25-21-17-16-19-22-30-26-35(3,4)40-36(5,6)27-30/h30-33,40-41H,11-29H2,1-10H3,(H,39,42). The number of piperidine rings is 2. The van der Waals surface area contributed by atoms with Crippen LogP contribution in [0.1, 0.15) is 185 Å². The fraction of sp³-hybridized carbons (Fsp3) is 0.974. The van der Waals surface area contributed by atoms with Crippen LogP contribution in [-0.4, -0.2) is 34.6 Å². The van der Waals surface area contributed by atoms with Crippen LogP contribution in [-0.2, 0) is 4.79 Å². The fourth-order valence-electron chi connectivity index (χ4n) is 9.42. The first kappa shape index (κ1) is 37.6. The largest absolute Gasteiger partial charge is 0.356 e. The molecule has 2 rings (SSSR count). The van der Waals surface area contributed by atoms with Gasteiger partial charge in [-0.25, -0.2) is 0 Å². The quantitative estimate of drug-likeness (QED) is 0.131. The van der Waals surface area contributed by atoms with Crippen LogP contribution in [0.25, 0.3) is 0 Å². The Morgan fingerprint density at radius 1 is 0.643 bits per heavy atom. The van der Waals surface area contributed by atoms with Crippen LogP contribution in [0.15, 0.2) is 0 Å². The highest BCUT2D eigenvalue weighted by Crippen LogP contribution is 2.43. The molecule has 0 aromatic rings. The Balaban J connectivity index is 1.93. The lowest BCUT2D eigenvalue weighted by molar-refractivity contribution is -0.128. The summed E-state index contributed by atoms with van der Waals surface area (Å²) in [5, 5.41) is 11.2. The Kier molecular flexibility index (Phi) is 15.4. The molecule has 2 aliphatic heterocycles. The molecular weight excluding hydrogens is 514 g/mol. The number of rotatable bonds is 19. The summed E-state index contributed by atoms with van der Waals surface area (Å²) in [7, 11) is 0. The topological polar surface area (TPSA) is 53.2 Å². The van der Waals surface area contributed by atoms with E-state index in [9.17, 15) is 4.79 Å². The molecule has 2 atom stereocenters. The van der Waals surface area contributed by atoms with Crippen LogP contribution in [0, 0.1) is 23.7 Å². The molecule has 0 aromatic heterocycles. The van der Waals surface area contributed by atoms with Crippen molar-refractivity contribution in [3.05, 3.63) is 0 Å². The summed E-state index contributed by atoms with van der Waals surface area (Å²) in [5.74, 6) is 2.47. The predicted octanol–water partition coefficient (Wildman–Crippen LogP) is 9.95. The molecule has 248 valence electrons. The molecule has 4 heteroatoms. The molecule has 42 heavy (non-hydrogen) atoms. The lowest BCUT2D eigenvalue weighted by Crippen LogP contribution is -2.59.